The van der Waals surface area contributed by atoms with E-state index in [1.54, 1.807) is 37.3 Å². The van der Waals surface area contributed by atoms with E-state index < -0.39 is 23.7 Å². The smallest absolute Gasteiger partial charge is 0.343 e. The summed E-state index contributed by atoms with van der Waals surface area (Å²) < 4.78 is 10.7. The summed E-state index contributed by atoms with van der Waals surface area (Å²) in [4.78, 5) is 47.7. The molecule has 0 bridgehead atoms. The van der Waals surface area contributed by atoms with Crippen LogP contribution >= 0.6 is 11.6 Å². The van der Waals surface area contributed by atoms with E-state index in [9.17, 15) is 19.2 Å². The molecular formula is C25H21ClN4O6. The minimum Gasteiger partial charge on any atom is -0.493 e. The van der Waals surface area contributed by atoms with Crippen molar-refractivity contribution in [2.24, 2.45) is 10.8 Å². The Balaban J connectivity index is 1.64. The summed E-state index contributed by atoms with van der Waals surface area (Å²) in [6.07, 6.45) is 0. The van der Waals surface area contributed by atoms with Crippen LogP contribution < -0.4 is 25.9 Å². The molecule has 36 heavy (non-hydrogen) atoms. The molecule has 0 aliphatic rings. The van der Waals surface area contributed by atoms with Gasteiger partial charge in [0.25, 0.3) is 0 Å². The first-order valence-corrected chi connectivity index (χ1v) is 10.8. The number of rotatable bonds is 7. The van der Waals surface area contributed by atoms with Gasteiger partial charge in [-0.05, 0) is 67.6 Å². The molecule has 4 N–H and O–H groups in total. The minimum atomic E-state index is -1.01. The molecule has 3 amide bonds. The molecule has 10 nitrogen and oxygen atoms in total. The standard InChI is InChI=1S/C25H21ClN4O6/c1-14(29-30-24(33)23(32)28-19-9-6-15(7-10-19)22(27)31)16-8-11-20(21(13-16)35-2)36-25(34)17-4-3-5-18(26)12-17/h3-13H,1-2H3,(H2,27,31)(H,28,32)(H,30,33)/b29-14+. The van der Waals surface area contributed by atoms with Crippen LogP contribution in [0.15, 0.2) is 71.8 Å². The highest BCUT2D eigenvalue weighted by Gasteiger charge is 2.16. The van der Waals surface area contributed by atoms with Crippen molar-refractivity contribution < 1.29 is 28.7 Å². The SMILES string of the molecule is COc1cc(/C(C)=N/NC(=O)C(=O)Nc2ccc(C(N)=O)cc2)ccc1OC(=O)c1cccc(Cl)c1. The van der Waals surface area contributed by atoms with E-state index in [0.29, 0.717) is 22.0 Å². The number of hydrazone groups is 1. The number of anilines is 1. The van der Waals surface area contributed by atoms with Gasteiger partial charge in [0.2, 0.25) is 5.91 Å². The van der Waals surface area contributed by atoms with Crippen LogP contribution in [0.3, 0.4) is 0 Å². The van der Waals surface area contributed by atoms with Gasteiger partial charge in [0.05, 0.1) is 18.4 Å². The number of primary amides is 1. The second-order valence-electron chi connectivity index (χ2n) is 7.30. The first-order valence-electron chi connectivity index (χ1n) is 10.4. The molecule has 184 valence electrons. The maximum atomic E-state index is 12.4. The van der Waals surface area contributed by atoms with E-state index in [4.69, 9.17) is 26.8 Å². The molecule has 3 aromatic rings. The molecule has 0 aromatic heterocycles. The quantitative estimate of drug-likeness (QED) is 0.147. The van der Waals surface area contributed by atoms with Crippen LogP contribution in [0.5, 0.6) is 11.5 Å². The third-order valence-corrected chi connectivity index (χ3v) is 5.04. The molecule has 0 atom stereocenters. The number of carbonyl (C=O) groups excluding carboxylic acids is 4. The molecule has 0 heterocycles. The minimum absolute atomic E-state index is 0.171. The first kappa shape index (κ1) is 25.9. The summed E-state index contributed by atoms with van der Waals surface area (Å²) in [6, 6.07) is 16.7. The zero-order valence-corrected chi connectivity index (χ0v) is 20.0. The van der Waals surface area contributed by atoms with Crippen molar-refractivity contribution >= 4 is 46.7 Å². The van der Waals surface area contributed by atoms with Crippen LogP contribution in [-0.2, 0) is 9.59 Å². The Morgan fingerprint density at radius 1 is 0.861 bits per heavy atom. The number of benzene rings is 3. The van der Waals surface area contributed by atoms with Crippen molar-refractivity contribution in [3.63, 3.8) is 0 Å². The summed E-state index contributed by atoms with van der Waals surface area (Å²) in [5.41, 5.74) is 9.06. The molecule has 0 aliphatic carbocycles. The fourth-order valence-electron chi connectivity index (χ4n) is 2.91. The van der Waals surface area contributed by atoms with Crippen LogP contribution in [0, 0.1) is 0 Å². The maximum Gasteiger partial charge on any atom is 0.343 e. The molecule has 0 unspecified atom stereocenters. The molecule has 0 saturated heterocycles. The number of ether oxygens (including phenoxy) is 2. The second-order valence-corrected chi connectivity index (χ2v) is 7.74. The van der Waals surface area contributed by atoms with E-state index in [-0.39, 0.29) is 22.6 Å². The van der Waals surface area contributed by atoms with Gasteiger partial charge in [0, 0.05) is 21.8 Å². The number of carbonyl (C=O) groups is 4. The number of hydrogen-bond acceptors (Lipinski definition) is 7. The van der Waals surface area contributed by atoms with Gasteiger partial charge in [0.15, 0.2) is 11.5 Å². The topological polar surface area (TPSA) is 149 Å². The van der Waals surface area contributed by atoms with Crippen LogP contribution in [0.2, 0.25) is 5.02 Å². The van der Waals surface area contributed by atoms with Gasteiger partial charge in [-0.1, -0.05) is 17.7 Å². The van der Waals surface area contributed by atoms with Crippen LogP contribution in [-0.4, -0.2) is 36.5 Å². The summed E-state index contributed by atoms with van der Waals surface area (Å²) in [5.74, 6) is -2.77. The second kappa shape index (κ2) is 11.6. The van der Waals surface area contributed by atoms with Crippen LogP contribution in [0.1, 0.15) is 33.2 Å². The average Bonchev–Trinajstić information content (AvgIpc) is 2.87. The van der Waals surface area contributed by atoms with Gasteiger partial charge >= 0.3 is 17.8 Å². The third kappa shape index (κ3) is 6.67. The Labute approximate surface area is 211 Å². The molecular weight excluding hydrogens is 488 g/mol. The lowest BCUT2D eigenvalue weighted by Crippen LogP contribution is -2.33. The largest absolute Gasteiger partial charge is 0.493 e. The number of esters is 1. The number of hydrogen-bond donors (Lipinski definition) is 3. The Bertz CT molecular complexity index is 1350. The fraction of sp³-hybridized carbons (Fsp3) is 0.0800. The number of nitrogens with one attached hydrogen (secondary N) is 2. The molecule has 0 saturated carbocycles. The zero-order chi connectivity index (χ0) is 26.2. The highest BCUT2D eigenvalue weighted by molar-refractivity contribution is 6.39. The highest BCUT2D eigenvalue weighted by atomic mass is 35.5. The summed E-state index contributed by atoms with van der Waals surface area (Å²) in [7, 11) is 1.41. The van der Waals surface area contributed by atoms with Gasteiger partial charge < -0.3 is 20.5 Å². The van der Waals surface area contributed by atoms with Crippen molar-refractivity contribution in [1.82, 2.24) is 5.43 Å². The Hall–Kier alpha value is -4.70. The molecule has 0 radical (unpaired) electrons. The lowest BCUT2D eigenvalue weighted by Gasteiger charge is -2.11. The van der Waals surface area contributed by atoms with Gasteiger partial charge in [-0.3, -0.25) is 14.4 Å². The van der Waals surface area contributed by atoms with Crippen LogP contribution in [0.4, 0.5) is 5.69 Å². The summed E-state index contributed by atoms with van der Waals surface area (Å²) >= 11 is 5.92. The number of halogens is 1. The van der Waals surface area contributed by atoms with E-state index in [1.807, 2.05) is 0 Å². The molecule has 3 rings (SSSR count). The predicted octanol–water partition coefficient (Wildman–Crippen LogP) is 3.15. The first-order chi connectivity index (χ1) is 17.2. The van der Waals surface area contributed by atoms with Crippen LogP contribution in [0.25, 0.3) is 0 Å². The fourth-order valence-corrected chi connectivity index (χ4v) is 3.10. The molecule has 3 aromatic carbocycles. The molecule has 0 spiro atoms. The van der Waals surface area contributed by atoms with E-state index in [1.165, 1.54) is 43.5 Å². The number of methoxy groups -OCH3 is 1. The number of nitrogens with zero attached hydrogens (tertiary/aromatic N) is 1. The average molecular weight is 509 g/mol. The lowest BCUT2D eigenvalue weighted by atomic mass is 10.1. The molecule has 11 heteroatoms. The van der Waals surface area contributed by atoms with Gasteiger partial charge in [-0.25, -0.2) is 10.2 Å². The summed E-state index contributed by atoms with van der Waals surface area (Å²) in [5, 5.41) is 6.72. The zero-order valence-electron chi connectivity index (χ0n) is 19.2. The number of nitrogens with two attached hydrogens (primary N) is 1. The highest BCUT2D eigenvalue weighted by Crippen LogP contribution is 2.29. The predicted molar refractivity (Wildman–Crippen MR) is 133 cm³/mol. The summed E-state index contributed by atoms with van der Waals surface area (Å²) in [6.45, 7) is 1.60. The van der Waals surface area contributed by atoms with Crippen molar-refractivity contribution in [2.45, 2.75) is 6.92 Å². The Morgan fingerprint density at radius 3 is 2.19 bits per heavy atom. The lowest BCUT2D eigenvalue weighted by molar-refractivity contribution is -0.136. The third-order valence-electron chi connectivity index (χ3n) is 4.80. The molecule has 0 aliphatic heterocycles. The van der Waals surface area contributed by atoms with E-state index in [2.05, 4.69) is 15.8 Å². The van der Waals surface area contributed by atoms with Gasteiger partial charge in [-0.2, -0.15) is 5.10 Å². The van der Waals surface area contributed by atoms with Gasteiger partial charge in [-0.15, -0.1) is 0 Å². The van der Waals surface area contributed by atoms with Crippen molar-refractivity contribution in [3.05, 3.63) is 88.4 Å². The van der Waals surface area contributed by atoms with E-state index in [0.717, 1.165) is 0 Å². The van der Waals surface area contributed by atoms with Crippen molar-refractivity contribution in [3.8, 4) is 11.5 Å². The van der Waals surface area contributed by atoms with E-state index >= 15 is 0 Å². The number of amides is 3. The maximum absolute atomic E-state index is 12.4. The normalized spacial score (nSPS) is 10.8. The monoisotopic (exact) mass is 508 g/mol. The van der Waals surface area contributed by atoms with Crippen molar-refractivity contribution in [1.29, 1.82) is 0 Å². The van der Waals surface area contributed by atoms with Gasteiger partial charge in [0.1, 0.15) is 0 Å². The Morgan fingerprint density at radius 2 is 1.56 bits per heavy atom. The Kier molecular flexibility index (Phi) is 8.37. The molecule has 0 fully saturated rings. The van der Waals surface area contributed by atoms with Crippen molar-refractivity contribution in [2.75, 3.05) is 12.4 Å².